The molecule has 0 atom stereocenters. The predicted octanol–water partition coefficient (Wildman–Crippen LogP) is 1.34. The van der Waals surface area contributed by atoms with Crippen LogP contribution in [0.2, 0.25) is 0 Å². The molecule has 8 heteroatoms. The number of amides is 3. The summed E-state index contributed by atoms with van der Waals surface area (Å²) in [6.45, 7) is 0. The highest BCUT2D eigenvalue weighted by molar-refractivity contribution is 6.21. The smallest absolute Gasteiger partial charge is 0.274 e. The highest BCUT2D eigenvalue weighted by atomic mass is 16.2. The SMILES string of the molecule is CN1C(=O)c2ccc(NC(=O)Cc3nn(C)c(=O)c4ccccc34)cc2C1=O. The molecule has 1 N–H and O–H groups in total. The average Bonchev–Trinajstić information content (AvgIpc) is 2.90. The molecule has 2 heterocycles. The molecule has 0 saturated carbocycles. The molecule has 0 radical (unpaired) electrons. The van der Waals surface area contributed by atoms with Crippen molar-refractivity contribution in [1.29, 1.82) is 0 Å². The van der Waals surface area contributed by atoms with Crippen LogP contribution in [0.1, 0.15) is 26.4 Å². The Morgan fingerprint density at radius 3 is 2.39 bits per heavy atom. The summed E-state index contributed by atoms with van der Waals surface area (Å²) in [6, 6.07) is 11.6. The van der Waals surface area contributed by atoms with E-state index < -0.39 is 5.91 Å². The third kappa shape index (κ3) is 2.75. The van der Waals surface area contributed by atoms with E-state index in [1.54, 1.807) is 30.3 Å². The van der Waals surface area contributed by atoms with Gasteiger partial charge in [0.2, 0.25) is 5.91 Å². The summed E-state index contributed by atoms with van der Waals surface area (Å²) in [5, 5.41) is 8.05. The Morgan fingerprint density at radius 2 is 1.64 bits per heavy atom. The van der Waals surface area contributed by atoms with E-state index in [1.807, 2.05) is 0 Å². The van der Waals surface area contributed by atoms with Crippen LogP contribution in [0.3, 0.4) is 0 Å². The lowest BCUT2D eigenvalue weighted by atomic mass is 10.1. The van der Waals surface area contributed by atoms with Crippen molar-refractivity contribution in [2.75, 3.05) is 12.4 Å². The fraction of sp³-hybridized carbons (Fsp3) is 0.150. The van der Waals surface area contributed by atoms with Gasteiger partial charge in [0.1, 0.15) is 0 Å². The number of aromatic nitrogens is 2. The van der Waals surface area contributed by atoms with Crippen molar-refractivity contribution in [1.82, 2.24) is 14.7 Å². The Hall–Kier alpha value is -3.81. The topological polar surface area (TPSA) is 101 Å². The zero-order valence-corrected chi connectivity index (χ0v) is 15.2. The first-order valence-electron chi connectivity index (χ1n) is 8.58. The highest BCUT2D eigenvalue weighted by Gasteiger charge is 2.32. The number of carbonyl (C=O) groups excluding carboxylic acids is 3. The number of imide groups is 1. The molecular weight excluding hydrogens is 360 g/mol. The van der Waals surface area contributed by atoms with Gasteiger partial charge in [-0.05, 0) is 24.3 Å². The molecule has 1 aliphatic rings. The van der Waals surface area contributed by atoms with Crippen molar-refractivity contribution in [2.45, 2.75) is 6.42 Å². The van der Waals surface area contributed by atoms with E-state index >= 15 is 0 Å². The molecule has 0 fully saturated rings. The number of benzene rings is 2. The Kier molecular flexibility index (Phi) is 4.03. The molecule has 3 amide bonds. The Bertz CT molecular complexity index is 1230. The van der Waals surface area contributed by atoms with Crippen LogP contribution in [-0.4, -0.2) is 39.4 Å². The lowest BCUT2D eigenvalue weighted by molar-refractivity contribution is -0.115. The van der Waals surface area contributed by atoms with Gasteiger partial charge in [-0.3, -0.25) is 24.1 Å². The molecule has 2 aromatic carbocycles. The third-order valence-electron chi connectivity index (χ3n) is 4.73. The minimum atomic E-state index is -0.401. The fourth-order valence-corrected chi connectivity index (χ4v) is 3.30. The number of anilines is 1. The van der Waals surface area contributed by atoms with E-state index in [0.717, 1.165) is 4.90 Å². The molecule has 1 aliphatic heterocycles. The Morgan fingerprint density at radius 1 is 0.964 bits per heavy atom. The van der Waals surface area contributed by atoms with Crippen LogP contribution >= 0.6 is 0 Å². The number of nitrogens with zero attached hydrogens (tertiary/aromatic N) is 3. The van der Waals surface area contributed by atoms with E-state index in [9.17, 15) is 19.2 Å². The number of hydrogen-bond acceptors (Lipinski definition) is 5. The number of nitrogens with one attached hydrogen (secondary N) is 1. The number of fused-ring (bicyclic) bond motifs is 2. The van der Waals surface area contributed by atoms with Crippen LogP contribution in [0.4, 0.5) is 5.69 Å². The summed E-state index contributed by atoms with van der Waals surface area (Å²) < 4.78 is 1.21. The number of carbonyl (C=O) groups is 3. The van der Waals surface area contributed by atoms with E-state index in [-0.39, 0.29) is 29.4 Å². The van der Waals surface area contributed by atoms with Gasteiger partial charge in [-0.25, -0.2) is 4.68 Å². The second-order valence-corrected chi connectivity index (χ2v) is 6.58. The molecule has 0 spiro atoms. The molecule has 1 aromatic heterocycles. The van der Waals surface area contributed by atoms with Gasteiger partial charge in [0.25, 0.3) is 17.4 Å². The van der Waals surface area contributed by atoms with Gasteiger partial charge in [0, 0.05) is 25.2 Å². The average molecular weight is 376 g/mol. The van der Waals surface area contributed by atoms with Crippen LogP contribution in [0.25, 0.3) is 10.8 Å². The van der Waals surface area contributed by atoms with Crippen molar-refractivity contribution in [2.24, 2.45) is 7.05 Å². The van der Waals surface area contributed by atoms with Crippen LogP contribution in [0.15, 0.2) is 47.3 Å². The second-order valence-electron chi connectivity index (χ2n) is 6.58. The molecule has 0 aliphatic carbocycles. The van der Waals surface area contributed by atoms with E-state index in [4.69, 9.17) is 0 Å². The quantitative estimate of drug-likeness (QED) is 0.695. The monoisotopic (exact) mass is 376 g/mol. The summed E-state index contributed by atoms with van der Waals surface area (Å²) in [7, 11) is 2.95. The lowest BCUT2D eigenvalue weighted by Crippen LogP contribution is -2.24. The van der Waals surface area contributed by atoms with Crippen LogP contribution in [0, 0.1) is 0 Å². The van der Waals surface area contributed by atoms with Gasteiger partial charge in [-0.2, -0.15) is 5.10 Å². The van der Waals surface area contributed by atoms with Gasteiger partial charge < -0.3 is 5.32 Å². The minimum absolute atomic E-state index is 0.0432. The standard InChI is InChI=1S/C20H16N4O4/c1-23-18(26)14-8-7-11(9-15(14)19(23)27)21-17(25)10-16-12-5-3-4-6-13(12)20(28)24(2)22-16/h3-9H,10H2,1-2H3,(H,21,25). The second kappa shape index (κ2) is 6.41. The van der Waals surface area contributed by atoms with E-state index in [0.29, 0.717) is 27.7 Å². The zero-order chi connectivity index (χ0) is 20.0. The molecule has 140 valence electrons. The van der Waals surface area contributed by atoms with E-state index in [1.165, 1.54) is 30.9 Å². The molecule has 8 nitrogen and oxygen atoms in total. The summed E-state index contributed by atoms with van der Waals surface area (Å²) in [5.74, 6) is -1.11. The lowest BCUT2D eigenvalue weighted by Gasteiger charge is -2.09. The van der Waals surface area contributed by atoms with Gasteiger partial charge in [0.15, 0.2) is 0 Å². The Labute approximate surface area is 159 Å². The van der Waals surface area contributed by atoms with Gasteiger partial charge >= 0.3 is 0 Å². The highest BCUT2D eigenvalue weighted by Crippen LogP contribution is 2.25. The number of aryl methyl sites for hydroxylation is 1. The van der Waals surface area contributed by atoms with Gasteiger partial charge in [0.05, 0.1) is 28.6 Å². The van der Waals surface area contributed by atoms with Gasteiger partial charge in [-0.1, -0.05) is 18.2 Å². The molecule has 3 aromatic rings. The summed E-state index contributed by atoms with van der Waals surface area (Å²) in [6.07, 6.45) is -0.0432. The van der Waals surface area contributed by atoms with E-state index in [2.05, 4.69) is 10.4 Å². The number of hydrogen-bond donors (Lipinski definition) is 1. The summed E-state index contributed by atoms with van der Waals surface area (Å²) >= 11 is 0. The minimum Gasteiger partial charge on any atom is -0.326 e. The normalized spacial score (nSPS) is 13.1. The first kappa shape index (κ1) is 17.6. The van der Waals surface area contributed by atoms with Crippen molar-refractivity contribution in [3.63, 3.8) is 0 Å². The Balaban J connectivity index is 1.61. The maximum absolute atomic E-state index is 12.5. The number of rotatable bonds is 3. The maximum Gasteiger partial charge on any atom is 0.274 e. The molecule has 0 bridgehead atoms. The van der Waals surface area contributed by atoms with Crippen molar-refractivity contribution >= 4 is 34.2 Å². The largest absolute Gasteiger partial charge is 0.326 e. The summed E-state index contributed by atoms with van der Waals surface area (Å²) in [4.78, 5) is 49.8. The molecule has 28 heavy (non-hydrogen) atoms. The third-order valence-corrected chi connectivity index (χ3v) is 4.73. The van der Waals surface area contributed by atoms with Crippen molar-refractivity contribution < 1.29 is 14.4 Å². The molecule has 0 unspecified atom stereocenters. The first-order valence-corrected chi connectivity index (χ1v) is 8.58. The maximum atomic E-state index is 12.5. The zero-order valence-electron chi connectivity index (χ0n) is 15.2. The summed E-state index contributed by atoms with van der Waals surface area (Å²) in [5.41, 5.74) is 1.23. The van der Waals surface area contributed by atoms with Crippen molar-refractivity contribution in [3.8, 4) is 0 Å². The van der Waals surface area contributed by atoms with Crippen LogP contribution in [-0.2, 0) is 18.3 Å². The van der Waals surface area contributed by atoms with Crippen LogP contribution in [0.5, 0.6) is 0 Å². The fourth-order valence-electron chi connectivity index (χ4n) is 3.30. The predicted molar refractivity (Wildman–Crippen MR) is 102 cm³/mol. The molecule has 0 saturated heterocycles. The molecule has 4 rings (SSSR count). The molecular formula is C20H16N4O4. The van der Waals surface area contributed by atoms with Crippen molar-refractivity contribution in [3.05, 3.63) is 69.6 Å². The van der Waals surface area contributed by atoms with Crippen LogP contribution < -0.4 is 10.9 Å². The van der Waals surface area contributed by atoms with Gasteiger partial charge in [-0.15, -0.1) is 0 Å². The first-order chi connectivity index (χ1) is 13.4.